The Balaban J connectivity index is 2.29. The minimum atomic E-state index is -3.59. The highest BCUT2D eigenvalue weighted by molar-refractivity contribution is 7.89. The average molecular weight is 292 g/mol. The summed E-state index contributed by atoms with van der Waals surface area (Å²) in [5.74, 6) is -0.00284. The normalized spacial score (nSPS) is 19.7. The van der Waals surface area contributed by atoms with Gasteiger partial charge in [-0.2, -0.15) is 9.57 Å². The van der Waals surface area contributed by atoms with Crippen molar-refractivity contribution in [2.45, 2.75) is 37.1 Å². The first-order valence-electron chi connectivity index (χ1n) is 6.46. The van der Waals surface area contributed by atoms with Crippen molar-refractivity contribution in [3.8, 4) is 6.07 Å². The third kappa shape index (κ3) is 2.89. The Bertz CT molecular complexity index is 644. The van der Waals surface area contributed by atoms with Gasteiger partial charge < -0.3 is 0 Å². The maximum Gasteiger partial charge on any atom is 0.243 e. The number of nitriles is 1. The highest BCUT2D eigenvalue weighted by Gasteiger charge is 2.35. The van der Waals surface area contributed by atoms with E-state index in [-0.39, 0.29) is 23.1 Å². The van der Waals surface area contributed by atoms with Crippen LogP contribution in [0, 0.1) is 11.3 Å². The summed E-state index contributed by atoms with van der Waals surface area (Å²) >= 11 is 0. The molecule has 1 unspecified atom stereocenters. The second-order valence-corrected chi connectivity index (χ2v) is 6.84. The Hall–Kier alpha value is -1.71. The van der Waals surface area contributed by atoms with Crippen molar-refractivity contribution in [3.05, 3.63) is 29.8 Å². The Morgan fingerprint density at radius 1 is 1.40 bits per heavy atom. The number of carbonyl (C=O) groups is 1. The van der Waals surface area contributed by atoms with E-state index < -0.39 is 10.0 Å². The molecule has 0 amide bonds. The maximum atomic E-state index is 12.6. The molecule has 106 valence electrons. The van der Waals surface area contributed by atoms with Crippen molar-refractivity contribution in [2.24, 2.45) is 0 Å². The van der Waals surface area contributed by atoms with Crippen LogP contribution in [0.3, 0.4) is 0 Å². The molecule has 1 aliphatic heterocycles. The number of ketones is 1. The fourth-order valence-electron chi connectivity index (χ4n) is 2.50. The Morgan fingerprint density at radius 3 is 2.60 bits per heavy atom. The smallest absolute Gasteiger partial charge is 0.243 e. The molecule has 20 heavy (non-hydrogen) atoms. The topological polar surface area (TPSA) is 78.2 Å². The van der Waals surface area contributed by atoms with Crippen LogP contribution >= 0.6 is 0 Å². The lowest BCUT2D eigenvalue weighted by molar-refractivity contribution is -0.117. The van der Waals surface area contributed by atoms with Gasteiger partial charge in [0.2, 0.25) is 10.0 Å². The van der Waals surface area contributed by atoms with Crippen LogP contribution in [0.15, 0.2) is 29.2 Å². The zero-order valence-electron chi connectivity index (χ0n) is 11.2. The summed E-state index contributed by atoms with van der Waals surface area (Å²) in [6.45, 7) is 1.92. The van der Waals surface area contributed by atoms with Gasteiger partial charge in [-0.05, 0) is 44.0 Å². The Morgan fingerprint density at radius 2 is 2.05 bits per heavy atom. The zero-order chi connectivity index (χ0) is 14.8. The van der Waals surface area contributed by atoms with E-state index >= 15 is 0 Å². The summed E-state index contributed by atoms with van der Waals surface area (Å²) in [4.78, 5) is 11.4. The minimum Gasteiger partial charge on any atom is -0.300 e. The lowest BCUT2D eigenvalue weighted by Gasteiger charge is -2.23. The predicted molar refractivity (Wildman–Crippen MR) is 73.4 cm³/mol. The summed E-state index contributed by atoms with van der Waals surface area (Å²) in [6, 6.07) is 7.58. The van der Waals surface area contributed by atoms with Crippen LogP contribution in [0.4, 0.5) is 0 Å². The molecule has 0 bridgehead atoms. The molecule has 0 radical (unpaired) electrons. The summed E-state index contributed by atoms with van der Waals surface area (Å²) in [7, 11) is -3.59. The maximum absolute atomic E-state index is 12.6. The summed E-state index contributed by atoms with van der Waals surface area (Å²) in [5.41, 5.74) is 0.422. The molecule has 1 fully saturated rings. The van der Waals surface area contributed by atoms with Crippen molar-refractivity contribution in [1.29, 1.82) is 5.26 Å². The first kappa shape index (κ1) is 14.7. The highest BCUT2D eigenvalue weighted by Crippen LogP contribution is 2.28. The summed E-state index contributed by atoms with van der Waals surface area (Å²) < 4.78 is 26.5. The molecule has 1 aromatic rings. The average Bonchev–Trinajstić information content (AvgIpc) is 2.87. The fraction of sp³-hybridized carbons (Fsp3) is 0.429. The van der Waals surface area contributed by atoms with Crippen LogP contribution in [0.5, 0.6) is 0 Å². The van der Waals surface area contributed by atoms with Gasteiger partial charge in [-0.1, -0.05) is 0 Å². The number of sulfonamides is 1. The van der Waals surface area contributed by atoms with E-state index in [1.54, 1.807) is 0 Å². The van der Waals surface area contributed by atoms with Gasteiger partial charge in [-0.15, -0.1) is 0 Å². The summed E-state index contributed by atoms with van der Waals surface area (Å²) in [6.07, 6.45) is 1.75. The standard InChI is InChI=1S/C14H16N2O3S/c1-11(17)9-13-3-2-8-16(13)20(18,19)14-6-4-12(10-15)5-7-14/h4-7,13H,2-3,8-9H2,1H3. The van der Waals surface area contributed by atoms with E-state index in [1.165, 1.54) is 35.5 Å². The number of benzene rings is 1. The number of nitrogens with zero attached hydrogens (tertiary/aromatic N) is 2. The molecule has 0 N–H and O–H groups in total. The molecule has 0 saturated carbocycles. The monoisotopic (exact) mass is 292 g/mol. The van der Waals surface area contributed by atoms with Crippen molar-refractivity contribution in [1.82, 2.24) is 4.31 Å². The quantitative estimate of drug-likeness (QED) is 0.846. The van der Waals surface area contributed by atoms with Gasteiger partial charge >= 0.3 is 0 Å². The first-order chi connectivity index (χ1) is 9.45. The van der Waals surface area contributed by atoms with Crippen LogP contribution in [0.25, 0.3) is 0 Å². The fourth-order valence-corrected chi connectivity index (χ4v) is 4.19. The van der Waals surface area contributed by atoms with E-state index in [4.69, 9.17) is 5.26 Å². The van der Waals surface area contributed by atoms with Crippen LogP contribution in [-0.4, -0.2) is 31.1 Å². The molecule has 6 heteroatoms. The molecule has 1 aromatic carbocycles. The predicted octanol–water partition coefficient (Wildman–Crippen LogP) is 1.69. The van der Waals surface area contributed by atoms with E-state index in [2.05, 4.69) is 0 Å². The van der Waals surface area contributed by atoms with Gasteiger partial charge in [0.1, 0.15) is 5.78 Å². The molecule has 5 nitrogen and oxygen atoms in total. The zero-order valence-corrected chi connectivity index (χ0v) is 12.1. The van der Waals surface area contributed by atoms with Crippen molar-refractivity contribution < 1.29 is 13.2 Å². The lowest BCUT2D eigenvalue weighted by atomic mass is 10.1. The van der Waals surface area contributed by atoms with Gasteiger partial charge in [0.05, 0.1) is 16.5 Å². The van der Waals surface area contributed by atoms with Gasteiger partial charge in [0, 0.05) is 19.0 Å². The third-order valence-electron chi connectivity index (χ3n) is 3.44. The number of hydrogen-bond acceptors (Lipinski definition) is 4. The second kappa shape index (κ2) is 5.73. The third-order valence-corrected chi connectivity index (χ3v) is 5.40. The Kier molecular flexibility index (Phi) is 4.21. The van der Waals surface area contributed by atoms with Gasteiger partial charge in [-0.3, -0.25) is 4.79 Å². The largest absolute Gasteiger partial charge is 0.300 e. The van der Waals surface area contributed by atoms with Crippen molar-refractivity contribution in [3.63, 3.8) is 0 Å². The molecular formula is C14H16N2O3S. The molecule has 1 saturated heterocycles. The SMILES string of the molecule is CC(=O)CC1CCCN1S(=O)(=O)c1ccc(C#N)cc1. The molecule has 0 aromatic heterocycles. The summed E-state index contributed by atoms with van der Waals surface area (Å²) in [5, 5.41) is 8.74. The Labute approximate surface area is 118 Å². The van der Waals surface area contributed by atoms with Gasteiger partial charge in [0.15, 0.2) is 0 Å². The van der Waals surface area contributed by atoms with Gasteiger partial charge in [0.25, 0.3) is 0 Å². The van der Waals surface area contributed by atoms with Crippen LogP contribution in [-0.2, 0) is 14.8 Å². The van der Waals surface area contributed by atoms with Crippen LogP contribution < -0.4 is 0 Å². The van der Waals surface area contributed by atoms with Crippen LogP contribution in [0.2, 0.25) is 0 Å². The number of rotatable bonds is 4. The molecule has 2 rings (SSSR count). The molecule has 1 aliphatic rings. The lowest BCUT2D eigenvalue weighted by Crippen LogP contribution is -2.36. The molecule has 1 heterocycles. The van der Waals surface area contributed by atoms with Crippen LogP contribution in [0.1, 0.15) is 31.7 Å². The molecule has 0 aliphatic carbocycles. The van der Waals surface area contributed by atoms with E-state index in [1.807, 2.05) is 6.07 Å². The molecule has 1 atom stereocenters. The first-order valence-corrected chi connectivity index (χ1v) is 7.90. The van der Waals surface area contributed by atoms with Crippen molar-refractivity contribution in [2.75, 3.05) is 6.54 Å². The van der Waals surface area contributed by atoms with E-state index in [9.17, 15) is 13.2 Å². The number of Topliss-reactive ketones (excluding diaryl/α,β-unsaturated/α-hetero) is 1. The number of hydrogen-bond donors (Lipinski definition) is 0. The molecule has 0 spiro atoms. The molecular weight excluding hydrogens is 276 g/mol. The van der Waals surface area contributed by atoms with E-state index in [0.29, 0.717) is 12.1 Å². The number of carbonyl (C=O) groups excluding carboxylic acids is 1. The van der Waals surface area contributed by atoms with Gasteiger partial charge in [-0.25, -0.2) is 8.42 Å². The van der Waals surface area contributed by atoms with E-state index in [0.717, 1.165) is 12.8 Å². The minimum absolute atomic E-state index is 0.00284. The van der Waals surface area contributed by atoms with Crippen molar-refractivity contribution >= 4 is 15.8 Å². The highest BCUT2D eigenvalue weighted by atomic mass is 32.2. The second-order valence-electron chi connectivity index (χ2n) is 4.95.